The van der Waals surface area contributed by atoms with E-state index in [0.717, 1.165) is 4.86 Å². The van der Waals surface area contributed by atoms with Crippen molar-refractivity contribution in [3.8, 4) is 0 Å². The molecule has 0 rings (SSSR count). The summed E-state index contributed by atoms with van der Waals surface area (Å²) in [5.74, 6) is 0. The average Bonchev–Trinajstić information content (AvgIpc) is 1.31. The molecule has 0 heterocycles. The molecule has 0 amide bonds. The van der Waals surface area contributed by atoms with Crippen LogP contribution in [0, 0.1) is 0 Å². The zero-order valence-corrected chi connectivity index (χ0v) is 6.22. The topological polar surface area (TPSA) is 0 Å². The zero-order chi connectivity index (χ0) is 6.08. The van der Waals surface area contributed by atoms with E-state index >= 15 is 0 Å². The van der Waals surface area contributed by atoms with Crippen LogP contribution in [-0.2, 0) is 0 Å². The molecule has 7 heavy (non-hydrogen) atoms. The summed E-state index contributed by atoms with van der Waals surface area (Å²) >= 11 is 4.93. The molecule has 0 aliphatic heterocycles. The summed E-state index contributed by atoms with van der Waals surface area (Å²) in [6.07, 6.45) is 0. The molecule has 0 aromatic rings. The van der Waals surface area contributed by atoms with E-state index in [0.29, 0.717) is 0 Å². The van der Waals surface area contributed by atoms with Crippen LogP contribution in [0.3, 0.4) is 0 Å². The summed E-state index contributed by atoms with van der Waals surface area (Å²) < 4.78 is 0. The minimum atomic E-state index is 0.231. The van der Waals surface area contributed by atoms with Crippen molar-refractivity contribution < 1.29 is 0 Å². The molecule has 0 aromatic heterocycles. The van der Waals surface area contributed by atoms with Gasteiger partial charge in [0.15, 0.2) is 0 Å². The Morgan fingerprint density at radius 1 is 1.57 bits per heavy atom. The number of rotatable bonds is 1. The molecular weight excluding hydrogens is 103 g/mol. The van der Waals surface area contributed by atoms with Crippen LogP contribution in [0.25, 0.3) is 0 Å². The molecule has 0 radical (unpaired) electrons. The van der Waals surface area contributed by atoms with Crippen LogP contribution in [0.15, 0.2) is 0 Å². The van der Waals surface area contributed by atoms with Crippen LogP contribution in [0.5, 0.6) is 0 Å². The van der Waals surface area contributed by atoms with Gasteiger partial charge in [0.05, 0.1) is 0 Å². The molecule has 0 saturated carbocycles. The summed E-state index contributed by atoms with van der Waals surface area (Å²) in [6, 6.07) is 0. The Balaban J connectivity index is 3.79. The van der Waals surface area contributed by atoms with Crippen molar-refractivity contribution in [3.05, 3.63) is 0 Å². The fraction of sp³-hybridized carbons (Fsp3) is 0.800. The van der Waals surface area contributed by atoms with Gasteiger partial charge in [0.2, 0.25) is 0 Å². The highest BCUT2D eigenvalue weighted by molar-refractivity contribution is 7.80. The first-order valence-electron chi connectivity index (χ1n) is 2.45. The van der Waals surface area contributed by atoms with Gasteiger partial charge in [0.25, 0.3) is 0 Å². The SMILES string of the molecule is BC(C)(C)C(C)=S. The van der Waals surface area contributed by atoms with Crippen molar-refractivity contribution in [2.75, 3.05) is 0 Å². The van der Waals surface area contributed by atoms with Gasteiger partial charge in [-0.15, -0.1) is 0 Å². The van der Waals surface area contributed by atoms with Crippen molar-refractivity contribution >= 4 is 24.9 Å². The van der Waals surface area contributed by atoms with Crippen molar-refractivity contribution in [1.29, 1.82) is 0 Å². The van der Waals surface area contributed by atoms with Crippen molar-refractivity contribution in [1.82, 2.24) is 0 Å². The van der Waals surface area contributed by atoms with E-state index < -0.39 is 0 Å². The Kier molecular flexibility index (Phi) is 1.99. The van der Waals surface area contributed by atoms with E-state index in [1.54, 1.807) is 0 Å². The lowest BCUT2D eigenvalue weighted by atomic mass is 9.70. The summed E-state index contributed by atoms with van der Waals surface area (Å²) in [5, 5.41) is 0.231. The van der Waals surface area contributed by atoms with Gasteiger partial charge in [-0.1, -0.05) is 26.1 Å². The van der Waals surface area contributed by atoms with Gasteiger partial charge in [0.1, 0.15) is 7.85 Å². The van der Waals surface area contributed by atoms with E-state index in [1.807, 2.05) is 6.92 Å². The Bertz CT molecular complexity index is 80.6. The highest BCUT2D eigenvalue weighted by Gasteiger charge is 2.10. The quantitative estimate of drug-likeness (QED) is 0.364. The summed E-state index contributed by atoms with van der Waals surface area (Å²) in [4.78, 5) is 1.08. The second-order valence-electron chi connectivity index (χ2n) is 2.81. The minimum Gasteiger partial charge on any atom is -0.0902 e. The third-order valence-electron chi connectivity index (χ3n) is 1.06. The van der Waals surface area contributed by atoms with E-state index in [1.165, 1.54) is 0 Å². The Labute approximate surface area is 51.7 Å². The monoisotopic (exact) mass is 114 g/mol. The maximum Gasteiger partial charge on any atom is 0.115 e. The molecule has 0 aromatic carbocycles. The molecular formula is C5H11BS. The van der Waals surface area contributed by atoms with E-state index in [9.17, 15) is 0 Å². The predicted octanol–water partition coefficient (Wildman–Crippen LogP) is 1.21. The molecule has 0 aliphatic carbocycles. The molecule has 0 fully saturated rings. The first kappa shape index (κ1) is 7.15. The molecule has 0 unspecified atom stereocenters. The average molecular weight is 114 g/mol. The molecule has 0 nitrogen and oxygen atoms in total. The van der Waals surface area contributed by atoms with Gasteiger partial charge < -0.3 is 0 Å². The van der Waals surface area contributed by atoms with Crippen LogP contribution in [-0.4, -0.2) is 12.7 Å². The molecule has 0 spiro atoms. The van der Waals surface area contributed by atoms with Gasteiger partial charge in [0, 0.05) is 0 Å². The smallest absolute Gasteiger partial charge is 0.0902 e. The van der Waals surface area contributed by atoms with Gasteiger partial charge in [-0.25, -0.2) is 0 Å². The van der Waals surface area contributed by atoms with Gasteiger partial charge >= 0.3 is 0 Å². The zero-order valence-electron chi connectivity index (χ0n) is 5.41. The number of hydrogen-bond donors (Lipinski definition) is 0. The first-order chi connectivity index (χ1) is 2.94. The van der Waals surface area contributed by atoms with Crippen LogP contribution in [0.2, 0.25) is 5.31 Å². The Hall–Kier alpha value is 0.155. The maximum absolute atomic E-state index is 4.93. The van der Waals surface area contributed by atoms with E-state index in [4.69, 9.17) is 12.2 Å². The largest absolute Gasteiger partial charge is 0.115 e. The van der Waals surface area contributed by atoms with Crippen LogP contribution in [0.1, 0.15) is 20.8 Å². The fourth-order valence-electron chi connectivity index (χ4n) is 0. The van der Waals surface area contributed by atoms with Crippen LogP contribution < -0.4 is 0 Å². The Morgan fingerprint density at radius 3 is 1.71 bits per heavy atom. The lowest BCUT2D eigenvalue weighted by Gasteiger charge is -2.14. The molecule has 40 valence electrons. The second-order valence-corrected chi connectivity index (χ2v) is 3.42. The summed E-state index contributed by atoms with van der Waals surface area (Å²) in [6.45, 7) is 6.22. The van der Waals surface area contributed by atoms with Crippen LogP contribution in [0.4, 0.5) is 0 Å². The van der Waals surface area contributed by atoms with Gasteiger partial charge in [-0.05, 0) is 17.1 Å². The fourth-order valence-corrected chi connectivity index (χ4v) is 0. The third-order valence-corrected chi connectivity index (χ3v) is 1.67. The predicted molar refractivity (Wildman–Crippen MR) is 40.9 cm³/mol. The lowest BCUT2D eigenvalue weighted by molar-refractivity contribution is 0.925. The summed E-state index contributed by atoms with van der Waals surface area (Å²) in [7, 11) is 2.12. The van der Waals surface area contributed by atoms with Crippen molar-refractivity contribution in [2.24, 2.45) is 0 Å². The molecule has 0 atom stereocenters. The highest BCUT2D eigenvalue weighted by Crippen LogP contribution is 2.19. The van der Waals surface area contributed by atoms with E-state index in [2.05, 4.69) is 21.7 Å². The first-order valence-corrected chi connectivity index (χ1v) is 2.86. The molecule has 0 bridgehead atoms. The van der Waals surface area contributed by atoms with Gasteiger partial charge in [-0.2, -0.15) is 0 Å². The van der Waals surface area contributed by atoms with Gasteiger partial charge in [-0.3, -0.25) is 0 Å². The normalized spacial score (nSPS) is 11.3. The second kappa shape index (κ2) is 1.95. The number of hydrogen-bond acceptors (Lipinski definition) is 1. The third kappa shape index (κ3) is 2.80. The molecule has 0 aliphatic rings. The minimum absolute atomic E-state index is 0.231. The lowest BCUT2D eigenvalue weighted by Crippen LogP contribution is -2.10. The Morgan fingerprint density at radius 2 is 1.71 bits per heavy atom. The maximum atomic E-state index is 4.93. The highest BCUT2D eigenvalue weighted by atomic mass is 32.1. The van der Waals surface area contributed by atoms with Crippen molar-refractivity contribution in [2.45, 2.75) is 26.1 Å². The summed E-state index contributed by atoms with van der Waals surface area (Å²) in [5.41, 5.74) is 0. The van der Waals surface area contributed by atoms with E-state index in [-0.39, 0.29) is 5.31 Å². The van der Waals surface area contributed by atoms with Crippen LogP contribution >= 0.6 is 12.2 Å². The molecule has 0 N–H and O–H groups in total. The van der Waals surface area contributed by atoms with Crippen molar-refractivity contribution in [3.63, 3.8) is 0 Å². The number of thiocarbonyl (C=S) groups is 1. The molecule has 2 heteroatoms. The standard InChI is InChI=1S/C5H11BS/c1-4(7)5(2,3)6/h6H2,1-3H3. The molecule has 0 saturated heterocycles.